The zero-order valence-corrected chi connectivity index (χ0v) is 15.5. The van der Waals surface area contributed by atoms with Crippen LogP contribution in [0.15, 0.2) is 53.6 Å². The van der Waals surface area contributed by atoms with Crippen molar-refractivity contribution in [1.82, 2.24) is 14.5 Å². The number of aromatic amines is 1. The highest BCUT2D eigenvalue weighted by molar-refractivity contribution is 6.31. The minimum Gasteiger partial charge on any atom is -0.363 e. The molecule has 0 saturated carbocycles. The van der Waals surface area contributed by atoms with E-state index in [9.17, 15) is 23.8 Å². The van der Waals surface area contributed by atoms with E-state index >= 15 is 0 Å². The van der Waals surface area contributed by atoms with Gasteiger partial charge in [0.15, 0.2) is 6.29 Å². The van der Waals surface area contributed by atoms with Crippen LogP contribution in [0.5, 0.6) is 0 Å². The van der Waals surface area contributed by atoms with Gasteiger partial charge in [0.25, 0.3) is 5.56 Å². The van der Waals surface area contributed by atoms with Crippen molar-refractivity contribution < 1.29 is 19.0 Å². The number of nitrogens with zero attached hydrogens (tertiary/aromatic N) is 2. The number of aliphatic hydroxyl groups is 2. The lowest BCUT2D eigenvalue weighted by molar-refractivity contribution is -0.0474. The van der Waals surface area contributed by atoms with E-state index in [1.807, 2.05) is 0 Å². The largest absolute Gasteiger partial charge is 0.363 e. The maximum atomic E-state index is 14.2. The minimum absolute atomic E-state index is 0.0194. The Labute approximate surface area is 167 Å². The van der Waals surface area contributed by atoms with Crippen molar-refractivity contribution in [2.45, 2.75) is 12.8 Å². The number of halogens is 3. The van der Waals surface area contributed by atoms with Crippen LogP contribution in [0.2, 0.25) is 5.02 Å². The maximum Gasteiger partial charge on any atom is 0.255 e. The quantitative estimate of drug-likeness (QED) is 0.444. The van der Waals surface area contributed by atoms with Gasteiger partial charge in [-0.15, -0.1) is 0 Å². The highest BCUT2D eigenvalue weighted by Gasteiger charge is 2.26. The van der Waals surface area contributed by atoms with Crippen molar-refractivity contribution in [3.05, 3.63) is 87.1 Å². The average Bonchev–Trinajstić information content (AvgIpc) is 2.98. The Balaban J connectivity index is 2.07. The first kappa shape index (κ1) is 19.3. The molecule has 0 aliphatic carbocycles. The minimum atomic E-state index is -2.02. The van der Waals surface area contributed by atoms with Gasteiger partial charge in [-0.3, -0.25) is 4.79 Å². The second-order valence-corrected chi connectivity index (χ2v) is 6.83. The van der Waals surface area contributed by atoms with Crippen LogP contribution in [-0.4, -0.2) is 24.7 Å². The summed E-state index contributed by atoms with van der Waals surface area (Å²) in [5.41, 5.74) is 0.0146. The zero-order valence-electron chi connectivity index (χ0n) is 14.7. The van der Waals surface area contributed by atoms with Gasteiger partial charge in [0.05, 0.1) is 17.3 Å². The number of aliphatic hydroxyl groups excluding tert-OH is 1. The Morgan fingerprint density at radius 2 is 2.00 bits per heavy atom. The lowest BCUT2D eigenvalue weighted by Gasteiger charge is -2.14. The summed E-state index contributed by atoms with van der Waals surface area (Å²) in [5.74, 6) is -1.31. The van der Waals surface area contributed by atoms with E-state index in [2.05, 4.69) is 9.97 Å². The van der Waals surface area contributed by atoms with Crippen molar-refractivity contribution in [1.29, 1.82) is 0 Å². The summed E-state index contributed by atoms with van der Waals surface area (Å²) in [7, 11) is 0. The third kappa shape index (κ3) is 3.42. The summed E-state index contributed by atoms with van der Waals surface area (Å²) in [6.45, 7) is -0.244. The van der Waals surface area contributed by atoms with Gasteiger partial charge in [-0.05, 0) is 36.4 Å². The number of rotatable bonds is 4. The van der Waals surface area contributed by atoms with Gasteiger partial charge >= 0.3 is 0 Å². The Morgan fingerprint density at radius 3 is 2.72 bits per heavy atom. The molecule has 29 heavy (non-hydrogen) atoms. The monoisotopic (exact) mass is 417 g/mol. The van der Waals surface area contributed by atoms with Crippen LogP contribution < -0.4 is 5.56 Å². The molecule has 0 aliphatic heterocycles. The van der Waals surface area contributed by atoms with Crippen LogP contribution in [0.4, 0.5) is 8.78 Å². The molecule has 0 atom stereocenters. The lowest BCUT2D eigenvalue weighted by atomic mass is 10.0. The standard InChI is InChI=1S/C20H14ClF2N3O3/c21-11-7-14-16(13-2-1-5-24-19(13)27)17(20(28)29)26(18(14)25-8-11)9-10-6-12(22)3-4-15(10)23/h1-8,20,28-29H,9H2,(H,24,27). The molecule has 3 heterocycles. The molecule has 0 unspecified atom stereocenters. The molecule has 4 rings (SSSR count). The van der Waals surface area contributed by atoms with Crippen LogP contribution in [-0.2, 0) is 6.54 Å². The van der Waals surface area contributed by atoms with Crippen LogP contribution in [0.25, 0.3) is 22.2 Å². The van der Waals surface area contributed by atoms with E-state index < -0.39 is 23.5 Å². The first-order chi connectivity index (χ1) is 13.9. The van der Waals surface area contributed by atoms with Gasteiger partial charge in [0.2, 0.25) is 0 Å². The molecule has 148 valence electrons. The fourth-order valence-corrected chi connectivity index (χ4v) is 3.54. The Hall–Kier alpha value is -3.07. The smallest absolute Gasteiger partial charge is 0.255 e. The summed E-state index contributed by atoms with van der Waals surface area (Å²) < 4.78 is 29.2. The molecule has 0 spiro atoms. The number of hydrogen-bond acceptors (Lipinski definition) is 4. The predicted molar refractivity (Wildman–Crippen MR) is 103 cm³/mol. The molecule has 0 aliphatic rings. The van der Waals surface area contributed by atoms with E-state index in [4.69, 9.17) is 11.6 Å². The summed E-state index contributed by atoms with van der Waals surface area (Å²) in [6.07, 6.45) is 0.761. The van der Waals surface area contributed by atoms with Crippen molar-refractivity contribution in [3.63, 3.8) is 0 Å². The van der Waals surface area contributed by atoms with Crippen LogP contribution in [0, 0.1) is 11.6 Å². The molecule has 0 radical (unpaired) electrons. The van der Waals surface area contributed by atoms with Gasteiger partial charge in [-0.25, -0.2) is 13.8 Å². The summed E-state index contributed by atoms with van der Waals surface area (Å²) in [6, 6.07) is 7.60. The van der Waals surface area contributed by atoms with Gasteiger partial charge in [0, 0.05) is 34.5 Å². The molecule has 0 bridgehead atoms. The average molecular weight is 418 g/mol. The lowest BCUT2D eigenvalue weighted by Crippen LogP contribution is -2.13. The van der Waals surface area contributed by atoms with Gasteiger partial charge in [-0.1, -0.05) is 11.6 Å². The SMILES string of the molecule is O=c1[nH]cccc1-c1c(C(O)O)n(Cc2cc(F)ccc2F)c2ncc(Cl)cc12. The number of H-pyrrole nitrogens is 1. The molecule has 0 fully saturated rings. The van der Waals surface area contributed by atoms with E-state index in [0.717, 1.165) is 18.2 Å². The first-order valence-corrected chi connectivity index (χ1v) is 8.90. The van der Waals surface area contributed by atoms with E-state index in [-0.39, 0.29) is 39.6 Å². The molecule has 4 aromatic rings. The molecular formula is C20H14ClF2N3O3. The molecule has 9 heteroatoms. The molecule has 6 nitrogen and oxygen atoms in total. The number of aromatic nitrogens is 3. The van der Waals surface area contributed by atoms with Crippen LogP contribution in [0.1, 0.15) is 17.5 Å². The van der Waals surface area contributed by atoms with Crippen molar-refractivity contribution >= 4 is 22.6 Å². The third-order valence-electron chi connectivity index (χ3n) is 4.57. The summed E-state index contributed by atoms with van der Waals surface area (Å²) in [5, 5.41) is 20.8. The maximum absolute atomic E-state index is 14.2. The number of benzene rings is 1. The normalized spacial score (nSPS) is 11.5. The van der Waals surface area contributed by atoms with E-state index in [1.54, 1.807) is 6.07 Å². The zero-order chi connectivity index (χ0) is 20.7. The molecule has 1 aromatic carbocycles. The third-order valence-corrected chi connectivity index (χ3v) is 4.78. The Morgan fingerprint density at radius 1 is 1.21 bits per heavy atom. The van der Waals surface area contributed by atoms with Gasteiger partial charge < -0.3 is 19.8 Å². The van der Waals surface area contributed by atoms with Crippen molar-refractivity contribution in [2.75, 3.05) is 0 Å². The Kier molecular flexibility index (Phi) is 4.91. The van der Waals surface area contributed by atoms with Gasteiger partial charge in [-0.2, -0.15) is 0 Å². The highest BCUT2D eigenvalue weighted by atomic mass is 35.5. The van der Waals surface area contributed by atoms with Crippen molar-refractivity contribution in [2.24, 2.45) is 0 Å². The first-order valence-electron chi connectivity index (χ1n) is 8.52. The second-order valence-electron chi connectivity index (χ2n) is 6.39. The molecule has 3 aromatic heterocycles. The second kappa shape index (κ2) is 7.40. The fourth-order valence-electron chi connectivity index (χ4n) is 3.38. The number of pyridine rings is 2. The van der Waals surface area contributed by atoms with Gasteiger partial charge in [0.1, 0.15) is 17.3 Å². The fraction of sp³-hybridized carbons (Fsp3) is 0.100. The van der Waals surface area contributed by atoms with Crippen LogP contribution >= 0.6 is 11.6 Å². The van der Waals surface area contributed by atoms with Crippen molar-refractivity contribution in [3.8, 4) is 11.1 Å². The van der Waals surface area contributed by atoms with Crippen LogP contribution in [0.3, 0.4) is 0 Å². The summed E-state index contributed by atoms with van der Waals surface area (Å²) >= 11 is 6.07. The number of hydrogen-bond donors (Lipinski definition) is 3. The molecule has 0 amide bonds. The summed E-state index contributed by atoms with van der Waals surface area (Å²) in [4.78, 5) is 19.2. The predicted octanol–water partition coefficient (Wildman–Crippen LogP) is 3.35. The Bertz CT molecular complexity index is 1280. The topological polar surface area (TPSA) is 91.1 Å². The van der Waals surface area contributed by atoms with E-state index in [1.165, 1.54) is 29.1 Å². The number of fused-ring (bicyclic) bond motifs is 1. The van der Waals surface area contributed by atoms with E-state index in [0.29, 0.717) is 5.39 Å². The molecule has 0 saturated heterocycles. The molecular weight excluding hydrogens is 404 g/mol. The highest BCUT2D eigenvalue weighted by Crippen LogP contribution is 2.37. The number of nitrogens with one attached hydrogen (secondary N) is 1. The molecule has 3 N–H and O–H groups in total.